The number of piperidine rings is 1. The molecule has 6 atom stereocenters. The molecule has 5 saturated heterocycles. The zero-order valence-electron chi connectivity index (χ0n) is 82.4. The van der Waals surface area contributed by atoms with Crippen LogP contribution in [-0.4, -0.2) is 221 Å². The monoisotopic (exact) mass is 2030 g/mol. The Kier molecular flexibility index (Phi) is 37.2. The van der Waals surface area contributed by atoms with Gasteiger partial charge in [-0.1, -0.05) is 116 Å². The van der Waals surface area contributed by atoms with Crippen molar-refractivity contribution in [2.24, 2.45) is 29.7 Å². The molecule has 38 heteroatoms. The Labute approximate surface area is 846 Å². The highest BCUT2D eigenvalue weighted by molar-refractivity contribution is 7.81. The van der Waals surface area contributed by atoms with Crippen LogP contribution in [0.1, 0.15) is 167 Å². The van der Waals surface area contributed by atoms with E-state index in [4.69, 9.17) is 64.5 Å². The molecule has 7 heterocycles. The molecule has 30 nitrogen and oxygen atoms in total. The van der Waals surface area contributed by atoms with Crippen molar-refractivity contribution >= 4 is 128 Å². The molecule has 8 amide bonds. The number of alkyl halides is 3. The number of unbranched alkanes of at least 4 members (excludes halogenated alkanes) is 2. The molecule has 142 heavy (non-hydrogen) atoms. The first-order chi connectivity index (χ1) is 67.5. The van der Waals surface area contributed by atoms with Crippen molar-refractivity contribution in [3.63, 3.8) is 0 Å². The zero-order chi connectivity index (χ0) is 103. The third kappa shape index (κ3) is 26.9. The van der Waals surface area contributed by atoms with Gasteiger partial charge in [-0.2, -0.15) is 28.8 Å². The summed E-state index contributed by atoms with van der Waals surface area (Å²) in [5.74, 6) is -2.38. The molecule has 0 aliphatic carbocycles. The van der Waals surface area contributed by atoms with E-state index in [0.717, 1.165) is 62.0 Å². The Morgan fingerprint density at radius 1 is 0.577 bits per heavy atom. The highest BCUT2D eigenvalue weighted by Crippen LogP contribution is 2.46. The molecular weight excluding hydrogens is 1900 g/mol. The number of rotatable bonds is 40. The number of carbonyl (C=O) groups excluding carboxylic acids is 8. The number of carbonyl (C=O) groups is 8. The maximum absolute atomic E-state index is 15.3. The van der Waals surface area contributed by atoms with Crippen molar-refractivity contribution in [1.82, 2.24) is 50.7 Å². The van der Waals surface area contributed by atoms with Gasteiger partial charge in [-0.25, -0.2) is 9.37 Å². The van der Waals surface area contributed by atoms with Crippen molar-refractivity contribution < 1.29 is 84.3 Å². The summed E-state index contributed by atoms with van der Waals surface area (Å²) in [6.45, 7) is 25.8. The van der Waals surface area contributed by atoms with Gasteiger partial charge in [0, 0.05) is 110 Å². The van der Waals surface area contributed by atoms with Gasteiger partial charge in [0.25, 0.3) is 11.8 Å². The van der Waals surface area contributed by atoms with Gasteiger partial charge in [-0.15, -0.1) is 11.3 Å². The highest BCUT2D eigenvalue weighted by atomic mass is 35.5. The van der Waals surface area contributed by atoms with Gasteiger partial charge in [-0.05, 0) is 240 Å². The summed E-state index contributed by atoms with van der Waals surface area (Å²) in [6.07, 6.45) is 2.61. The van der Waals surface area contributed by atoms with E-state index in [2.05, 4.69) is 36.2 Å². The number of benzene rings is 6. The Bertz CT molecular complexity index is 5910. The molecular formula is C104H125ClF4N16O14S3. The van der Waals surface area contributed by atoms with E-state index in [1.807, 2.05) is 143 Å². The number of aromatic nitrogens is 3. The maximum Gasteiger partial charge on any atom is 0.417 e. The van der Waals surface area contributed by atoms with Crippen LogP contribution in [0.2, 0.25) is 5.02 Å². The number of thiocarbonyl (C=S) groups is 2. The summed E-state index contributed by atoms with van der Waals surface area (Å²) in [5, 5.41) is 35.0. The third-order valence-electron chi connectivity index (χ3n) is 25.7. The van der Waals surface area contributed by atoms with Gasteiger partial charge in [0.15, 0.2) is 21.8 Å². The van der Waals surface area contributed by atoms with Crippen LogP contribution in [0.5, 0.6) is 11.5 Å². The van der Waals surface area contributed by atoms with E-state index in [1.165, 1.54) is 35.2 Å². The van der Waals surface area contributed by atoms with Crippen molar-refractivity contribution in [3.05, 3.63) is 190 Å². The fourth-order valence-electron chi connectivity index (χ4n) is 17.9. The van der Waals surface area contributed by atoms with E-state index >= 15 is 4.39 Å². The molecule has 4 N–H and O–H groups in total. The van der Waals surface area contributed by atoms with Crippen LogP contribution >= 0.6 is 47.4 Å². The number of thiazole rings is 1. The fraction of sp³-hybridized carbons (Fsp3) is 0.481. The molecule has 0 unspecified atom stereocenters. The molecule has 0 radical (unpaired) electrons. The lowest BCUT2D eigenvalue weighted by Crippen LogP contribution is -2.58. The zero-order valence-corrected chi connectivity index (χ0v) is 85.6. The Hall–Kier alpha value is -11.9. The van der Waals surface area contributed by atoms with Crippen molar-refractivity contribution in [2.75, 3.05) is 119 Å². The Balaban J connectivity index is 0.000000255. The highest BCUT2D eigenvalue weighted by Gasteiger charge is 2.58. The van der Waals surface area contributed by atoms with Gasteiger partial charge in [0.2, 0.25) is 35.4 Å². The van der Waals surface area contributed by atoms with Crippen LogP contribution < -0.4 is 50.3 Å². The number of hydrogen-bond acceptors (Lipinski definition) is 22. The molecule has 5 fully saturated rings. The van der Waals surface area contributed by atoms with Crippen molar-refractivity contribution in [1.29, 1.82) is 10.5 Å². The molecule has 0 saturated carbocycles. The Morgan fingerprint density at radius 2 is 1.05 bits per heavy atom. The van der Waals surface area contributed by atoms with Gasteiger partial charge < -0.3 is 74.2 Å². The van der Waals surface area contributed by atoms with E-state index in [1.54, 1.807) is 98.1 Å². The maximum atomic E-state index is 15.3. The number of ether oxygens (including phenoxy) is 6. The van der Waals surface area contributed by atoms with Crippen molar-refractivity contribution in [2.45, 2.75) is 195 Å². The smallest absolute Gasteiger partial charge is 0.417 e. The first-order valence-electron chi connectivity index (χ1n) is 47.7. The number of nitrogens with zero attached hydrogens (tertiary/aromatic N) is 12. The minimum atomic E-state index is -4.80. The normalized spacial score (nSPS) is 17.9. The standard InChI is InChI=1S/C54H65F3N8O7S2.C50H60ClFN8O7S/c1-35-28-44(48(67)59-31-37-10-12-38(13-11-37)46-36(2)60-34-74-46)63(32-35)49(68)47(52(3,4)5)61-45(66)33-71-26-9-25-70-24-7-8-27-72-42-18-16-40(17-19-42)65-51(73)64(50(69)53(65)20-22-62(6)23-21-53)41-15-14-39(30-58)43(29-41)54(55,56)57;1-32-25-41(45(62)54-29-33-11-13-34(14-12-33)40-19-20-55-57(40)7)58(30-32)46(63)44(49(2,3)4)56-43(61)31-66-23-10-22-65-21-8-9-24-67-42-18-17-37(27-39(42)52)60-48(68)59(47(64)50(60,5)6)36-16-15-35(28-53)38(51)26-36/h10-19,29,34-35,44,47H,7-9,20-28,31-33H2,1-6H3,(H,59,67)(H,61,66);11-20,26-27,32,41,44H,8-10,21-25,29-31H2,1-7H3,(H,54,62)(H,56,61)/t35-,44+,47-;32-,41+,44-/m11/s1. The number of amides is 8. The van der Waals surface area contributed by atoms with Crippen LogP contribution in [-0.2, 0) is 83.6 Å². The Morgan fingerprint density at radius 3 is 1.54 bits per heavy atom. The summed E-state index contributed by atoms with van der Waals surface area (Å²) in [7, 11) is 3.83. The van der Waals surface area contributed by atoms with E-state index in [9.17, 15) is 62.1 Å². The molecule has 5 aliphatic rings. The van der Waals surface area contributed by atoms with Gasteiger partial charge in [0.1, 0.15) is 60.3 Å². The number of nitrogens with one attached hydrogen (secondary N) is 4. The second-order valence-electron chi connectivity index (χ2n) is 39.1. The molecule has 758 valence electrons. The summed E-state index contributed by atoms with van der Waals surface area (Å²) in [5.41, 5.74) is 4.17. The SMILES string of the molecule is C[C@@H]1C[C@@H](C(=O)NCc2ccc(-c3ccnn3C)cc2)N(C(=O)[C@@H](NC(=O)COCCCOCCCCOc2ccc(N3C(=S)N(c4ccc(C#N)c(Cl)c4)C(=O)C3(C)C)cc2F)C(C)(C)C)C1.Cc1ncsc1-c1ccc(CNC(=O)[C@@H]2C[C@@H](C)CN2C(=O)[C@@H](NC(=O)COCCCOCCCCOc2ccc(N3C(=S)N(c4ccc(C#N)c(C(F)(F)F)c4)C(=O)C34CCN(C)CC4)cc2)C(C)(C)C)cc1. The number of hydrogen-bond donors (Lipinski definition) is 4. The van der Waals surface area contributed by atoms with Crippen molar-refractivity contribution in [3.8, 4) is 45.3 Å². The average molecular weight is 2030 g/mol. The van der Waals surface area contributed by atoms with Crippen LogP contribution in [0.25, 0.3) is 21.7 Å². The fourth-order valence-corrected chi connectivity index (χ4v) is 19.9. The van der Waals surface area contributed by atoms with Crippen LogP contribution in [0.15, 0.2) is 145 Å². The second kappa shape index (κ2) is 48.4. The number of anilines is 4. The molecule has 6 aromatic carbocycles. The van der Waals surface area contributed by atoms with E-state index < -0.39 is 86.9 Å². The van der Waals surface area contributed by atoms with Crippen LogP contribution in [0.4, 0.5) is 40.3 Å². The topological polar surface area (TPSA) is 341 Å². The summed E-state index contributed by atoms with van der Waals surface area (Å²) >= 11 is 19.4. The number of aryl methyl sites for hydroxylation is 2. The minimum Gasteiger partial charge on any atom is -0.494 e. The predicted molar refractivity (Wildman–Crippen MR) is 542 cm³/mol. The third-order valence-corrected chi connectivity index (χ3v) is 27.7. The minimum absolute atomic E-state index is 0.0472. The van der Waals surface area contributed by atoms with E-state index in [-0.39, 0.29) is 107 Å². The molecule has 1 spiro atoms. The summed E-state index contributed by atoms with van der Waals surface area (Å²) < 4.78 is 93.4. The molecule has 2 aromatic heterocycles. The van der Waals surface area contributed by atoms with Gasteiger partial charge in [0.05, 0.1) is 74.1 Å². The summed E-state index contributed by atoms with van der Waals surface area (Å²) in [6, 6.07) is 37.7. The summed E-state index contributed by atoms with van der Waals surface area (Å²) in [4.78, 5) is 126. The lowest BCUT2D eigenvalue weighted by molar-refractivity contribution is -0.144. The quantitative estimate of drug-likeness (QED) is 0.0157. The lowest BCUT2D eigenvalue weighted by Gasteiger charge is -2.41. The first-order valence-corrected chi connectivity index (χ1v) is 49.8. The number of likely N-dealkylation sites (tertiary alicyclic amines) is 3. The van der Waals surface area contributed by atoms with Gasteiger partial charge in [-0.3, -0.25) is 52.8 Å². The second-order valence-corrected chi connectivity index (χ2v) is 41.1. The number of halogens is 5. The van der Waals surface area contributed by atoms with Crippen LogP contribution in [0.3, 0.4) is 0 Å². The van der Waals surface area contributed by atoms with Crippen LogP contribution in [0, 0.1) is 58.1 Å². The largest absolute Gasteiger partial charge is 0.494 e. The molecule has 0 bridgehead atoms. The number of nitriles is 2. The molecule has 5 aliphatic heterocycles. The van der Waals surface area contributed by atoms with E-state index in [0.29, 0.717) is 153 Å². The predicted octanol–water partition coefficient (Wildman–Crippen LogP) is 15.6. The lowest BCUT2D eigenvalue weighted by atomic mass is 9.85. The molecule has 8 aromatic rings. The first kappa shape index (κ1) is 109. The van der Waals surface area contributed by atoms with Gasteiger partial charge >= 0.3 is 6.18 Å². The average Bonchev–Trinajstić information content (AvgIpc) is 1.62. The molecule has 13 rings (SSSR count).